The van der Waals surface area contributed by atoms with Gasteiger partial charge in [0.1, 0.15) is 6.20 Å². The predicted octanol–water partition coefficient (Wildman–Crippen LogP) is 1.45. The minimum Gasteiger partial charge on any atom is -0.381 e. The molecule has 136 valence electrons. The van der Waals surface area contributed by atoms with Gasteiger partial charge in [-0.15, -0.1) is 0 Å². The Morgan fingerprint density at radius 3 is 2.96 bits per heavy atom. The summed E-state index contributed by atoms with van der Waals surface area (Å²) >= 11 is 1.39. The summed E-state index contributed by atoms with van der Waals surface area (Å²) in [4.78, 5) is 18.5. The van der Waals surface area contributed by atoms with Gasteiger partial charge < -0.3 is 24.9 Å². The fraction of sp³-hybridized carbons (Fsp3) is 0.667. The van der Waals surface area contributed by atoms with Gasteiger partial charge in [0.15, 0.2) is 0 Å². The van der Waals surface area contributed by atoms with Crippen LogP contribution >= 0.6 is 11.3 Å². The maximum atomic E-state index is 11.5. The van der Waals surface area contributed by atoms with Crippen LogP contribution < -0.4 is 5.32 Å². The summed E-state index contributed by atoms with van der Waals surface area (Å²) in [7, 11) is 0. The first-order chi connectivity index (χ1) is 12.2. The first-order valence-corrected chi connectivity index (χ1v) is 9.35. The Kier molecular flexibility index (Phi) is 4.84. The second-order valence-corrected chi connectivity index (χ2v) is 7.19. The number of nitro groups is 1. The van der Waals surface area contributed by atoms with E-state index in [4.69, 9.17) is 9.47 Å². The Hall–Kier alpha value is -1.75. The lowest BCUT2D eigenvalue weighted by molar-refractivity contribution is -0.389. The standard InChI is InChI=1S/C15H21N5O4S/c21-20(22)14-13(17-15-19(14)4-8-25-15)16-9-12(11-1-5-24-10-11)18-2-6-23-7-3-18/h4,8,11-12,16H,1-3,5-7,9-10H2/t11-,12-/m0/s1. The highest BCUT2D eigenvalue weighted by molar-refractivity contribution is 7.15. The molecule has 2 aliphatic heterocycles. The number of nitrogens with one attached hydrogen (secondary N) is 1. The smallest absolute Gasteiger partial charge is 0.372 e. The van der Waals surface area contributed by atoms with Gasteiger partial charge in [0, 0.05) is 43.6 Å². The van der Waals surface area contributed by atoms with Gasteiger partial charge in [-0.05, 0) is 11.3 Å². The van der Waals surface area contributed by atoms with Crippen molar-refractivity contribution < 1.29 is 14.4 Å². The molecule has 4 rings (SSSR count). The van der Waals surface area contributed by atoms with Crippen LogP contribution in [0.1, 0.15) is 6.42 Å². The molecule has 0 spiro atoms. The summed E-state index contributed by atoms with van der Waals surface area (Å²) in [6.45, 7) is 5.34. The van der Waals surface area contributed by atoms with Crippen molar-refractivity contribution >= 4 is 27.9 Å². The second kappa shape index (κ2) is 7.24. The lowest BCUT2D eigenvalue weighted by Gasteiger charge is -2.37. The van der Waals surface area contributed by atoms with Gasteiger partial charge in [-0.25, -0.2) is 0 Å². The molecule has 25 heavy (non-hydrogen) atoms. The second-order valence-electron chi connectivity index (χ2n) is 6.32. The molecule has 2 atom stereocenters. The zero-order valence-electron chi connectivity index (χ0n) is 13.8. The number of nitrogens with zero attached hydrogens (tertiary/aromatic N) is 4. The number of aromatic nitrogens is 2. The quantitative estimate of drug-likeness (QED) is 0.610. The number of imidazole rings is 1. The van der Waals surface area contributed by atoms with Crippen LogP contribution in [0.2, 0.25) is 0 Å². The molecular weight excluding hydrogens is 346 g/mol. The third-order valence-electron chi connectivity index (χ3n) is 4.91. The van der Waals surface area contributed by atoms with Gasteiger partial charge in [0.25, 0.3) is 4.96 Å². The molecule has 1 N–H and O–H groups in total. The molecule has 0 radical (unpaired) electrons. The van der Waals surface area contributed by atoms with Crippen molar-refractivity contribution in [3.8, 4) is 0 Å². The molecule has 0 saturated carbocycles. The lowest BCUT2D eigenvalue weighted by atomic mass is 9.97. The van der Waals surface area contributed by atoms with Crippen molar-refractivity contribution in [2.24, 2.45) is 5.92 Å². The van der Waals surface area contributed by atoms with Gasteiger partial charge in [-0.2, -0.15) is 9.38 Å². The van der Waals surface area contributed by atoms with Crippen molar-refractivity contribution in [2.45, 2.75) is 12.5 Å². The first-order valence-electron chi connectivity index (χ1n) is 8.47. The summed E-state index contributed by atoms with van der Waals surface area (Å²) in [5.41, 5.74) is 0. The van der Waals surface area contributed by atoms with Crippen LogP contribution in [0, 0.1) is 16.0 Å². The van der Waals surface area contributed by atoms with E-state index in [1.165, 1.54) is 15.7 Å². The van der Waals surface area contributed by atoms with Crippen LogP contribution in [0.5, 0.6) is 0 Å². The molecule has 0 unspecified atom stereocenters. The topological polar surface area (TPSA) is 94.2 Å². The van der Waals surface area contributed by atoms with E-state index in [2.05, 4.69) is 15.2 Å². The minimum absolute atomic E-state index is 0.000325. The fourth-order valence-electron chi connectivity index (χ4n) is 3.63. The average Bonchev–Trinajstić information content (AvgIpc) is 3.32. The number of fused-ring (bicyclic) bond motifs is 1. The normalized spacial score (nSPS) is 23.1. The summed E-state index contributed by atoms with van der Waals surface area (Å²) in [6.07, 6.45) is 2.70. The Labute approximate surface area is 148 Å². The monoisotopic (exact) mass is 367 g/mol. The van der Waals surface area contributed by atoms with Gasteiger partial charge in [-0.1, -0.05) is 11.3 Å². The van der Waals surface area contributed by atoms with E-state index in [-0.39, 0.29) is 16.8 Å². The summed E-state index contributed by atoms with van der Waals surface area (Å²) in [5, 5.41) is 16.5. The number of ether oxygens (including phenoxy) is 2. The highest BCUT2D eigenvalue weighted by atomic mass is 32.1. The summed E-state index contributed by atoms with van der Waals surface area (Å²) in [5.74, 6) is 0.766. The van der Waals surface area contributed by atoms with Gasteiger partial charge in [0.05, 0.1) is 19.8 Å². The molecule has 2 fully saturated rings. The number of morpholine rings is 1. The minimum atomic E-state index is -0.378. The maximum Gasteiger partial charge on any atom is 0.372 e. The number of anilines is 1. The largest absolute Gasteiger partial charge is 0.381 e. The van der Waals surface area contributed by atoms with E-state index < -0.39 is 0 Å². The Balaban J connectivity index is 1.53. The Morgan fingerprint density at radius 2 is 2.24 bits per heavy atom. The SMILES string of the molecule is O=[N+]([O-])c1c(NC[C@@H]([C@H]2CCOC2)N2CCOCC2)nc2sccn12. The number of thiazole rings is 1. The van der Waals surface area contributed by atoms with Crippen molar-refractivity contribution in [3.63, 3.8) is 0 Å². The first kappa shape index (κ1) is 16.7. The molecule has 0 aromatic carbocycles. The van der Waals surface area contributed by atoms with Gasteiger partial charge in [0.2, 0.25) is 5.82 Å². The van der Waals surface area contributed by atoms with Crippen LogP contribution in [0.4, 0.5) is 11.6 Å². The van der Waals surface area contributed by atoms with Crippen LogP contribution in [0.25, 0.3) is 4.96 Å². The van der Waals surface area contributed by atoms with Crippen LogP contribution in [0.15, 0.2) is 11.6 Å². The Bertz CT molecular complexity index is 735. The van der Waals surface area contributed by atoms with Crippen LogP contribution in [0.3, 0.4) is 0 Å². The molecular formula is C15H21N5O4S. The van der Waals surface area contributed by atoms with Crippen LogP contribution in [-0.4, -0.2) is 71.3 Å². The average molecular weight is 367 g/mol. The van der Waals surface area contributed by atoms with E-state index in [1.54, 1.807) is 11.6 Å². The highest BCUT2D eigenvalue weighted by Crippen LogP contribution is 2.29. The molecule has 2 aromatic rings. The molecule has 0 bridgehead atoms. The summed E-state index contributed by atoms with van der Waals surface area (Å²) in [6, 6.07) is 0.255. The Morgan fingerprint density at radius 1 is 1.40 bits per heavy atom. The molecule has 2 aliphatic rings. The van der Waals surface area contributed by atoms with Crippen molar-refractivity contribution in [1.29, 1.82) is 0 Å². The van der Waals surface area contributed by atoms with E-state index in [1.807, 2.05) is 0 Å². The highest BCUT2D eigenvalue weighted by Gasteiger charge is 2.32. The summed E-state index contributed by atoms with van der Waals surface area (Å²) < 4.78 is 12.5. The molecule has 0 amide bonds. The van der Waals surface area contributed by atoms with Crippen molar-refractivity contribution in [3.05, 3.63) is 21.7 Å². The van der Waals surface area contributed by atoms with E-state index in [0.29, 0.717) is 23.2 Å². The van der Waals surface area contributed by atoms with E-state index >= 15 is 0 Å². The van der Waals surface area contributed by atoms with E-state index in [0.717, 1.165) is 45.9 Å². The van der Waals surface area contributed by atoms with Crippen LogP contribution in [-0.2, 0) is 9.47 Å². The molecule has 2 saturated heterocycles. The van der Waals surface area contributed by atoms with Gasteiger partial charge >= 0.3 is 5.82 Å². The lowest BCUT2D eigenvalue weighted by Crippen LogP contribution is -2.50. The predicted molar refractivity (Wildman–Crippen MR) is 93.3 cm³/mol. The maximum absolute atomic E-state index is 11.5. The van der Waals surface area contributed by atoms with Gasteiger partial charge in [-0.3, -0.25) is 4.90 Å². The number of rotatable bonds is 6. The third kappa shape index (κ3) is 3.34. The molecule has 0 aliphatic carbocycles. The number of hydrogen-bond acceptors (Lipinski definition) is 8. The van der Waals surface area contributed by atoms with Crippen molar-refractivity contribution in [1.82, 2.24) is 14.3 Å². The number of hydrogen-bond donors (Lipinski definition) is 1. The molecule has 10 heteroatoms. The fourth-order valence-corrected chi connectivity index (χ4v) is 4.34. The molecule has 2 aromatic heterocycles. The zero-order chi connectivity index (χ0) is 17.2. The molecule has 9 nitrogen and oxygen atoms in total. The van der Waals surface area contributed by atoms with E-state index in [9.17, 15) is 10.1 Å². The third-order valence-corrected chi connectivity index (χ3v) is 5.67. The molecule has 4 heterocycles. The zero-order valence-corrected chi connectivity index (χ0v) is 14.6. The van der Waals surface area contributed by atoms with Crippen molar-refractivity contribution in [2.75, 3.05) is 51.4 Å².